The summed E-state index contributed by atoms with van der Waals surface area (Å²) in [6.07, 6.45) is 1.92. The molecule has 5 heteroatoms. The van der Waals surface area contributed by atoms with E-state index in [0.29, 0.717) is 0 Å². The van der Waals surface area contributed by atoms with Gasteiger partial charge in [-0.1, -0.05) is 122 Å². The van der Waals surface area contributed by atoms with E-state index >= 15 is 0 Å². The average Bonchev–Trinajstić information content (AvgIpc) is 3.83. The number of hydrogen-bond acceptors (Lipinski definition) is 2. The van der Waals surface area contributed by atoms with Crippen molar-refractivity contribution in [3.05, 3.63) is 131 Å². The van der Waals surface area contributed by atoms with Gasteiger partial charge in [-0.25, -0.2) is 0 Å². The molecular formula is C49H44AuN3S. The molecule has 0 aliphatic heterocycles. The van der Waals surface area contributed by atoms with Crippen LogP contribution in [0.2, 0.25) is 0 Å². The van der Waals surface area contributed by atoms with Crippen LogP contribution in [-0.2, 0) is 38.6 Å². The number of thiophene rings is 1. The molecule has 0 bridgehead atoms. The Morgan fingerprint density at radius 2 is 1.35 bits per heavy atom. The first-order valence-corrected chi connectivity index (χ1v) is 19.4. The molecule has 0 atom stereocenters. The van der Waals surface area contributed by atoms with Gasteiger partial charge in [0.25, 0.3) is 0 Å². The van der Waals surface area contributed by atoms with Crippen LogP contribution in [0.15, 0.2) is 103 Å². The van der Waals surface area contributed by atoms with Gasteiger partial charge in [0.15, 0.2) is 0 Å². The van der Waals surface area contributed by atoms with E-state index in [2.05, 4.69) is 175 Å². The number of aromatic nitrogens is 3. The molecule has 0 aliphatic carbocycles. The molecular weight excluding hydrogens is 860 g/mol. The Morgan fingerprint density at radius 1 is 0.630 bits per heavy atom. The molecule has 0 radical (unpaired) electrons. The number of hydrogen-bond donors (Lipinski definition) is 0. The van der Waals surface area contributed by atoms with Gasteiger partial charge in [0, 0.05) is 22.1 Å². The minimum Gasteiger partial charge on any atom is -0.664 e. The zero-order chi connectivity index (χ0) is 37.0. The maximum atomic E-state index is 5.31. The SMILES string of the molecule is CC(C)(C)c1cc(-c2nccc3ccsc23)[c-]c(-n2c3[c-]c(-c4cc(C(C)(C)C)cc5c4[n-]c4ccc(C(C)(C)C)cc45)ccc3c3ccccc32)c1.[Au+3]. The molecule has 0 amide bonds. The predicted molar refractivity (Wildman–Crippen MR) is 227 cm³/mol. The van der Waals surface area contributed by atoms with Crippen molar-refractivity contribution >= 4 is 65.0 Å². The van der Waals surface area contributed by atoms with Crippen LogP contribution in [0, 0.1) is 12.1 Å². The minimum absolute atomic E-state index is 0. The van der Waals surface area contributed by atoms with Crippen molar-refractivity contribution in [1.82, 2.24) is 14.5 Å². The minimum atomic E-state index is -0.0904. The standard InChI is InChI=1S/C49H44N3S.Au/c1-47(2,3)32-15-17-41-39(26-32)40-28-34(49(7,8)9)27-38(45(40)51-41)30-14-16-37-36-12-10-11-13-42(36)52(43(37)24-30)35-23-31(22-33(25-35)48(4,5)6)44-46-29(18-20-50-44)19-21-53-46;/h10-22,25-28H,1-9H3;/q-3;+3. The molecule has 0 aliphatic rings. The number of benzene rings is 5. The van der Waals surface area contributed by atoms with E-state index in [9.17, 15) is 0 Å². The second kappa shape index (κ2) is 12.8. The van der Waals surface area contributed by atoms with Crippen LogP contribution in [0.4, 0.5) is 0 Å². The Labute approximate surface area is 338 Å². The topological polar surface area (TPSA) is 31.9 Å². The number of nitrogens with zero attached hydrogens (tertiary/aromatic N) is 3. The summed E-state index contributed by atoms with van der Waals surface area (Å²) in [5, 5.41) is 8.13. The molecule has 0 saturated heterocycles. The number of pyridine rings is 1. The summed E-state index contributed by atoms with van der Waals surface area (Å²) in [6, 6.07) is 41.4. The molecule has 272 valence electrons. The van der Waals surface area contributed by atoms with E-state index in [0.717, 1.165) is 55.5 Å². The molecule has 5 aromatic carbocycles. The summed E-state index contributed by atoms with van der Waals surface area (Å²) < 4.78 is 3.54. The maximum Gasteiger partial charge on any atom is 3.00 e. The fourth-order valence-electron chi connectivity index (χ4n) is 7.66. The molecule has 0 N–H and O–H groups in total. The molecule has 54 heavy (non-hydrogen) atoms. The third kappa shape index (κ3) is 6.05. The number of fused-ring (bicyclic) bond motifs is 7. The second-order valence-electron chi connectivity index (χ2n) is 17.7. The van der Waals surface area contributed by atoms with E-state index in [1.807, 2.05) is 6.20 Å². The quantitative estimate of drug-likeness (QED) is 0.131. The Balaban J connectivity index is 0.00000413. The molecule has 0 unspecified atom stereocenters. The van der Waals surface area contributed by atoms with Crippen LogP contribution in [0.3, 0.4) is 0 Å². The number of para-hydroxylation sites is 1. The van der Waals surface area contributed by atoms with Crippen molar-refractivity contribution in [2.45, 2.75) is 78.6 Å². The molecule has 3 nitrogen and oxygen atoms in total. The molecule has 0 spiro atoms. The van der Waals surface area contributed by atoms with Crippen LogP contribution in [0.1, 0.15) is 79.0 Å². The van der Waals surface area contributed by atoms with Gasteiger partial charge in [-0.15, -0.1) is 64.2 Å². The summed E-state index contributed by atoms with van der Waals surface area (Å²) in [7, 11) is 0. The summed E-state index contributed by atoms with van der Waals surface area (Å²) in [4.78, 5) is 10.2. The summed E-state index contributed by atoms with van der Waals surface area (Å²) in [5.74, 6) is 0. The zero-order valence-electron chi connectivity index (χ0n) is 32.4. The Morgan fingerprint density at radius 3 is 2.11 bits per heavy atom. The van der Waals surface area contributed by atoms with E-state index in [4.69, 9.17) is 9.97 Å². The molecule has 0 fully saturated rings. The van der Waals surface area contributed by atoms with E-state index in [1.54, 1.807) is 11.3 Å². The summed E-state index contributed by atoms with van der Waals surface area (Å²) in [6.45, 7) is 20.5. The van der Waals surface area contributed by atoms with E-state index in [1.165, 1.54) is 42.9 Å². The third-order valence-electron chi connectivity index (χ3n) is 10.8. The van der Waals surface area contributed by atoms with Crippen LogP contribution < -0.4 is 4.98 Å². The Hall–Kier alpha value is -4.45. The van der Waals surface area contributed by atoms with Crippen LogP contribution in [0.5, 0.6) is 0 Å². The third-order valence-corrected chi connectivity index (χ3v) is 11.8. The van der Waals surface area contributed by atoms with Crippen LogP contribution in [-0.4, -0.2) is 9.55 Å². The van der Waals surface area contributed by atoms with Gasteiger partial charge in [0.1, 0.15) is 0 Å². The van der Waals surface area contributed by atoms with Gasteiger partial charge < -0.3 is 14.5 Å². The fourth-order valence-corrected chi connectivity index (χ4v) is 8.55. The first-order chi connectivity index (χ1) is 25.1. The van der Waals surface area contributed by atoms with Gasteiger partial charge in [0.2, 0.25) is 0 Å². The van der Waals surface area contributed by atoms with Crippen LogP contribution >= 0.6 is 11.3 Å². The molecule has 9 rings (SSSR count). The van der Waals surface area contributed by atoms with Gasteiger partial charge in [-0.2, -0.15) is 16.9 Å². The Bertz CT molecular complexity index is 2900. The second-order valence-corrected chi connectivity index (χ2v) is 18.6. The molecule has 4 heterocycles. The van der Waals surface area contributed by atoms with Gasteiger partial charge >= 0.3 is 22.4 Å². The van der Waals surface area contributed by atoms with Crippen molar-refractivity contribution < 1.29 is 22.4 Å². The van der Waals surface area contributed by atoms with Crippen LogP contribution in [0.25, 0.3) is 81.8 Å². The van der Waals surface area contributed by atoms with Crippen molar-refractivity contribution in [3.63, 3.8) is 0 Å². The van der Waals surface area contributed by atoms with E-state index < -0.39 is 0 Å². The zero-order valence-corrected chi connectivity index (χ0v) is 35.3. The van der Waals surface area contributed by atoms with Crippen molar-refractivity contribution in [3.8, 4) is 28.1 Å². The van der Waals surface area contributed by atoms with Crippen molar-refractivity contribution in [2.75, 3.05) is 0 Å². The normalized spacial score (nSPS) is 12.8. The van der Waals surface area contributed by atoms with Crippen molar-refractivity contribution in [2.24, 2.45) is 0 Å². The summed E-state index contributed by atoms with van der Waals surface area (Å²) >= 11 is 1.74. The molecule has 4 aromatic heterocycles. The first-order valence-electron chi connectivity index (χ1n) is 18.6. The summed E-state index contributed by atoms with van der Waals surface area (Å²) in [5.41, 5.74) is 13.1. The average molecular weight is 904 g/mol. The smallest absolute Gasteiger partial charge is 0.664 e. The predicted octanol–water partition coefficient (Wildman–Crippen LogP) is 13.5. The monoisotopic (exact) mass is 903 g/mol. The number of rotatable bonds is 3. The van der Waals surface area contributed by atoms with Gasteiger partial charge in [-0.05, 0) is 78.1 Å². The largest absolute Gasteiger partial charge is 3.00 e. The Kier molecular flexibility index (Phi) is 8.67. The fraction of sp³-hybridized carbons (Fsp3) is 0.245. The maximum absolute atomic E-state index is 5.31. The molecule has 0 saturated carbocycles. The van der Waals surface area contributed by atoms with E-state index in [-0.39, 0.29) is 38.6 Å². The van der Waals surface area contributed by atoms with Crippen molar-refractivity contribution in [1.29, 1.82) is 0 Å². The van der Waals surface area contributed by atoms with Gasteiger partial charge in [-0.3, -0.25) is 0 Å². The van der Waals surface area contributed by atoms with Gasteiger partial charge in [0.05, 0.1) is 0 Å². The molecule has 9 aromatic rings. The first kappa shape index (κ1) is 36.5.